The Morgan fingerprint density at radius 3 is 2.77 bits per heavy atom. The molecule has 1 aromatic carbocycles. The number of rotatable bonds is 2. The number of nitrogens with two attached hydrogens (primary N) is 1. The minimum Gasteiger partial charge on any atom is -0.366 e. The van der Waals surface area contributed by atoms with E-state index in [9.17, 15) is 4.79 Å². The molecule has 3 heteroatoms. The second-order valence-corrected chi connectivity index (χ2v) is 3.62. The zero-order valence-corrected chi connectivity index (χ0v) is 8.84. The van der Waals surface area contributed by atoms with Crippen molar-refractivity contribution in [2.45, 2.75) is 6.92 Å². The molecular weight excluding hydrogens is 230 g/mol. The van der Waals surface area contributed by atoms with Crippen LogP contribution in [0.2, 0.25) is 0 Å². The third-order valence-electron chi connectivity index (χ3n) is 1.58. The molecular formula is C10H10BrNO. The van der Waals surface area contributed by atoms with Crippen LogP contribution in [0.3, 0.4) is 0 Å². The summed E-state index contributed by atoms with van der Waals surface area (Å²) in [5.74, 6) is -0.438. The maximum absolute atomic E-state index is 10.5. The summed E-state index contributed by atoms with van der Waals surface area (Å²) in [5, 5.41) is 0. The fourth-order valence-electron chi connectivity index (χ4n) is 0.939. The highest BCUT2D eigenvalue weighted by Crippen LogP contribution is 2.19. The van der Waals surface area contributed by atoms with Gasteiger partial charge in [0.1, 0.15) is 0 Å². The summed E-state index contributed by atoms with van der Waals surface area (Å²) in [6.45, 7) is 2.01. The number of aryl methyl sites for hydroxylation is 1. The third kappa shape index (κ3) is 3.03. The lowest BCUT2D eigenvalue weighted by Crippen LogP contribution is -2.05. The molecule has 1 aromatic rings. The Morgan fingerprint density at radius 1 is 1.54 bits per heavy atom. The van der Waals surface area contributed by atoms with Crippen molar-refractivity contribution < 1.29 is 4.79 Å². The van der Waals surface area contributed by atoms with E-state index in [1.807, 2.05) is 25.1 Å². The fourth-order valence-corrected chi connectivity index (χ4v) is 1.56. The van der Waals surface area contributed by atoms with Crippen molar-refractivity contribution in [2.75, 3.05) is 0 Å². The molecule has 68 valence electrons. The summed E-state index contributed by atoms with van der Waals surface area (Å²) in [4.78, 5) is 10.5. The summed E-state index contributed by atoms with van der Waals surface area (Å²) in [6, 6.07) is 5.89. The molecule has 0 heterocycles. The van der Waals surface area contributed by atoms with E-state index in [2.05, 4.69) is 15.9 Å². The normalized spacial score (nSPS) is 10.6. The van der Waals surface area contributed by atoms with Gasteiger partial charge in [-0.25, -0.2) is 0 Å². The molecule has 0 spiro atoms. The van der Waals surface area contributed by atoms with Crippen molar-refractivity contribution in [1.82, 2.24) is 0 Å². The monoisotopic (exact) mass is 239 g/mol. The summed E-state index contributed by atoms with van der Waals surface area (Å²) < 4.78 is 0.963. The van der Waals surface area contributed by atoms with E-state index in [1.54, 1.807) is 6.08 Å². The maximum atomic E-state index is 10.5. The van der Waals surface area contributed by atoms with Gasteiger partial charge in [0, 0.05) is 10.5 Å². The van der Waals surface area contributed by atoms with Gasteiger partial charge in [-0.05, 0) is 30.2 Å². The standard InChI is InChI=1S/C10H10BrNO/c1-7-2-3-8(9(11)6-7)4-5-10(12)13/h2-6H,1H3,(H2,12,13)/b5-4-. The SMILES string of the molecule is Cc1ccc(/C=C\C(N)=O)c(Br)c1. The predicted molar refractivity (Wildman–Crippen MR) is 57.1 cm³/mol. The highest BCUT2D eigenvalue weighted by molar-refractivity contribution is 9.10. The Balaban J connectivity index is 2.96. The number of amides is 1. The molecule has 2 nitrogen and oxygen atoms in total. The molecule has 0 aliphatic rings. The van der Waals surface area contributed by atoms with Gasteiger partial charge in [0.25, 0.3) is 0 Å². The zero-order valence-electron chi connectivity index (χ0n) is 7.25. The van der Waals surface area contributed by atoms with Gasteiger partial charge in [-0.15, -0.1) is 0 Å². The molecule has 1 amide bonds. The molecule has 0 aliphatic heterocycles. The number of benzene rings is 1. The van der Waals surface area contributed by atoms with Crippen LogP contribution in [0.1, 0.15) is 11.1 Å². The molecule has 2 N–H and O–H groups in total. The van der Waals surface area contributed by atoms with Crippen LogP contribution in [0.4, 0.5) is 0 Å². The largest absolute Gasteiger partial charge is 0.366 e. The van der Waals surface area contributed by atoms with Crippen LogP contribution in [0.25, 0.3) is 6.08 Å². The molecule has 0 saturated carbocycles. The average Bonchev–Trinajstić information content (AvgIpc) is 2.02. The van der Waals surface area contributed by atoms with Crippen molar-refractivity contribution in [1.29, 1.82) is 0 Å². The molecule has 1 rings (SSSR count). The number of carbonyl (C=O) groups is 1. The first-order valence-electron chi connectivity index (χ1n) is 3.83. The third-order valence-corrected chi connectivity index (χ3v) is 2.27. The number of hydrogen-bond donors (Lipinski definition) is 1. The molecule has 0 fully saturated rings. The Bertz CT molecular complexity index is 358. The zero-order chi connectivity index (χ0) is 9.84. The van der Waals surface area contributed by atoms with E-state index in [0.29, 0.717) is 0 Å². The van der Waals surface area contributed by atoms with Crippen molar-refractivity contribution in [3.05, 3.63) is 39.9 Å². The maximum Gasteiger partial charge on any atom is 0.241 e. The Labute approximate surface area is 85.6 Å². The number of primary amides is 1. The molecule has 0 aromatic heterocycles. The Kier molecular flexibility index (Phi) is 3.25. The van der Waals surface area contributed by atoms with Crippen molar-refractivity contribution in [3.8, 4) is 0 Å². The van der Waals surface area contributed by atoms with Gasteiger partial charge in [-0.3, -0.25) is 4.79 Å². The minimum atomic E-state index is -0.438. The topological polar surface area (TPSA) is 43.1 Å². The molecule has 0 unspecified atom stereocenters. The van der Waals surface area contributed by atoms with E-state index >= 15 is 0 Å². The summed E-state index contributed by atoms with van der Waals surface area (Å²) in [6.07, 6.45) is 3.03. The highest BCUT2D eigenvalue weighted by Gasteiger charge is 1.95. The van der Waals surface area contributed by atoms with Crippen molar-refractivity contribution in [3.63, 3.8) is 0 Å². The molecule has 13 heavy (non-hydrogen) atoms. The predicted octanol–water partition coefficient (Wildman–Crippen LogP) is 2.26. The van der Waals surface area contributed by atoms with E-state index in [-0.39, 0.29) is 0 Å². The molecule has 0 bridgehead atoms. The van der Waals surface area contributed by atoms with Gasteiger partial charge in [0.2, 0.25) is 5.91 Å². The van der Waals surface area contributed by atoms with Crippen molar-refractivity contribution >= 4 is 27.9 Å². The first-order valence-corrected chi connectivity index (χ1v) is 4.62. The lowest BCUT2D eigenvalue weighted by atomic mass is 10.1. The fraction of sp³-hybridized carbons (Fsp3) is 0.100. The van der Waals surface area contributed by atoms with E-state index in [4.69, 9.17) is 5.73 Å². The van der Waals surface area contributed by atoms with Gasteiger partial charge in [-0.2, -0.15) is 0 Å². The van der Waals surface area contributed by atoms with E-state index in [0.717, 1.165) is 10.0 Å². The van der Waals surface area contributed by atoms with Crippen LogP contribution in [0, 0.1) is 6.92 Å². The first-order chi connectivity index (χ1) is 6.09. The summed E-state index contributed by atoms with van der Waals surface area (Å²) in [5.41, 5.74) is 7.10. The average molecular weight is 240 g/mol. The van der Waals surface area contributed by atoms with Crippen LogP contribution < -0.4 is 5.73 Å². The molecule has 0 atom stereocenters. The van der Waals surface area contributed by atoms with Gasteiger partial charge < -0.3 is 5.73 Å². The quantitative estimate of drug-likeness (QED) is 0.791. The molecule has 0 aliphatic carbocycles. The highest BCUT2D eigenvalue weighted by atomic mass is 79.9. The van der Waals surface area contributed by atoms with Crippen LogP contribution in [-0.2, 0) is 4.79 Å². The smallest absolute Gasteiger partial charge is 0.241 e. The van der Waals surface area contributed by atoms with Crippen LogP contribution in [0.15, 0.2) is 28.7 Å². The lowest BCUT2D eigenvalue weighted by Gasteiger charge is -1.98. The van der Waals surface area contributed by atoms with Gasteiger partial charge >= 0.3 is 0 Å². The summed E-state index contributed by atoms with van der Waals surface area (Å²) >= 11 is 3.39. The Morgan fingerprint density at radius 2 is 2.23 bits per heavy atom. The van der Waals surface area contributed by atoms with Crippen LogP contribution in [0.5, 0.6) is 0 Å². The Hall–Kier alpha value is -1.09. The number of hydrogen-bond acceptors (Lipinski definition) is 1. The first kappa shape index (κ1) is 9.99. The van der Waals surface area contributed by atoms with Gasteiger partial charge in [0.05, 0.1) is 0 Å². The lowest BCUT2D eigenvalue weighted by molar-refractivity contribution is -0.113. The van der Waals surface area contributed by atoms with E-state index < -0.39 is 5.91 Å². The van der Waals surface area contributed by atoms with Crippen molar-refractivity contribution in [2.24, 2.45) is 5.73 Å². The second kappa shape index (κ2) is 4.23. The minimum absolute atomic E-state index is 0.438. The molecule has 0 saturated heterocycles. The molecule has 0 radical (unpaired) electrons. The van der Waals surface area contributed by atoms with Crippen LogP contribution in [-0.4, -0.2) is 5.91 Å². The second-order valence-electron chi connectivity index (χ2n) is 2.76. The van der Waals surface area contributed by atoms with Gasteiger partial charge in [0.15, 0.2) is 0 Å². The summed E-state index contributed by atoms with van der Waals surface area (Å²) in [7, 11) is 0. The number of carbonyl (C=O) groups excluding carboxylic acids is 1. The number of halogens is 1. The van der Waals surface area contributed by atoms with E-state index in [1.165, 1.54) is 11.6 Å². The van der Waals surface area contributed by atoms with Gasteiger partial charge in [-0.1, -0.05) is 28.1 Å². The van der Waals surface area contributed by atoms with Crippen LogP contribution >= 0.6 is 15.9 Å².